The molecule has 0 aliphatic rings. The molecule has 338 valence electrons. The summed E-state index contributed by atoms with van der Waals surface area (Å²) in [6.07, 6.45) is 0. The Bertz CT molecular complexity index is 1340. The molecule has 3 aromatic rings. The number of hydrogen-bond acceptors (Lipinski definition) is 15. The van der Waals surface area contributed by atoms with Crippen LogP contribution in [0.2, 0.25) is 0 Å². The van der Waals surface area contributed by atoms with Gasteiger partial charge in [0.2, 0.25) is 0 Å². The average Bonchev–Trinajstić information content (AvgIpc) is 3.29. The predicted octanol–water partition coefficient (Wildman–Crippen LogP) is 4.15. The fourth-order valence-corrected chi connectivity index (χ4v) is 5.71. The number of hydrogen-bond donors (Lipinski definition) is 1. The zero-order valence-corrected chi connectivity index (χ0v) is 35.8. The molecule has 3 rings (SSSR count). The maximum atomic E-state index is 6.80. The minimum Gasteiger partial charge on any atom is -0.497 e. The number of methoxy groups -OCH3 is 2. The van der Waals surface area contributed by atoms with Crippen LogP contribution in [0.4, 0.5) is 0 Å². The molecule has 60 heavy (non-hydrogen) atoms. The summed E-state index contributed by atoms with van der Waals surface area (Å²) in [5.41, 5.74) is 7.41. The van der Waals surface area contributed by atoms with Gasteiger partial charge in [-0.3, -0.25) is 0 Å². The molecule has 0 heterocycles. The second-order valence-corrected chi connectivity index (χ2v) is 12.9. The first-order valence-electron chi connectivity index (χ1n) is 20.8. The number of rotatable bonds is 41. The molecule has 0 unspecified atom stereocenters. The van der Waals surface area contributed by atoms with Crippen LogP contribution in [0, 0.1) is 0 Å². The fourth-order valence-electron chi connectivity index (χ4n) is 5.71. The van der Waals surface area contributed by atoms with E-state index < -0.39 is 5.60 Å². The van der Waals surface area contributed by atoms with Gasteiger partial charge in [-0.15, -0.1) is 0 Å². The summed E-state index contributed by atoms with van der Waals surface area (Å²) >= 11 is 0. The van der Waals surface area contributed by atoms with Crippen molar-refractivity contribution in [3.8, 4) is 11.5 Å². The smallest absolute Gasteiger partial charge is 0.143 e. The fraction of sp³-hybridized carbons (Fsp3) is 0.600. The molecule has 0 bridgehead atoms. The van der Waals surface area contributed by atoms with Crippen molar-refractivity contribution in [3.05, 3.63) is 95.6 Å². The Labute approximate surface area is 356 Å². The Morgan fingerprint density at radius 1 is 0.317 bits per heavy atom. The zero-order chi connectivity index (χ0) is 42.4. The third-order valence-electron chi connectivity index (χ3n) is 8.70. The van der Waals surface area contributed by atoms with E-state index in [1.807, 2.05) is 66.7 Å². The lowest BCUT2D eigenvalue weighted by atomic mass is 9.80. The first kappa shape index (κ1) is 51.1. The van der Waals surface area contributed by atoms with Gasteiger partial charge in [-0.1, -0.05) is 54.6 Å². The largest absolute Gasteiger partial charge is 0.497 e. The van der Waals surface area contributed by atoms with Gasteiger partial charge in [0.25, 0.3) is 0 Å². The van der Waals surface area contributed by atoms with Crippen molar-refractivity contribution in [3.63, 3.8) is 0 Å². The summed E-state index contributed by atoms with van der Waals surface area (Å²) in [6.45, 7) is 11.7. The molecule has 3 aromatic carbocycles. The van der Waals surface area contributed by atoms with E-state index in [1.165, 1.54) is 0 Å². The zero-order valence-electron chi connectivity index (χ0n) is 35.8. The predicted molar refractivity (Wildman–Crippen MR) is 226 cm³/mol. The highest BCUT2D eigenvalue weighted by Crippen LogP contribution is 2.41. The molecule has 0 amide bonds. The van der Waals surface area contributed by atoms with E-state index >= 15 is 0 Å². The molecule has 0 atom stereocenters. The van der Waals surface area contributed by atoms with Crippen molar-refractivity contribution in [2.75, 3.05) is 173 Å². The van der Waals surface area contributed by atoms with Gasteiger partial charge in [-0.25, -0.2) is 0 Å². The average molecular weight is 848 g/mol. The topological polar surface area (TPSA) is 155 Å². The molecule has 0 aliphatic heterocycles. The van der Waals surface area contributed by atoms with E-state index in [-0.39, 0.29) is 0 Å². The molecule has 0 fully saturated rings. The summed E-state index contributed by atoms with van der Waals surface area (Å²) in [6, 6.07) is 26.1. The molecule has 15 heteroatoms. The van der Waals surface area contributed by atoms with Gasteiger partial charge in [0, 0.05) is 6.54 Å². The second-order valence-electron chi connectivity index (χ2n) is 12.9. The molecule has 15 nitrogen and oxygen atoms in total. The van der Waals surface area contributed by atoms with E-state index in [0.29, 0.717) is 159 Å². The highest BCUT2D eigenvalue weighted by molar-refractivity contribution is 5.49. The van der Waals surface area contributed by atoms with Gasteiger partial charge in [-0.05, 0) is 41.0 Å². The lowest BCUT2D eigenvalue weighted by molar-refractivity contribution is -0.0399. The van der Waals surface area contributed by atoms with Crippen molar-refractivity contribution in [1.29, 1.82) is 0 Å². The van der Waals surface area contributed by atoms with Crippen LogP contribution < -0.4 is 15.2 Å². The molecular weight excluding hydrogens is 778 g/mol. The SMILES string of the molecule is COc1ccc(C(OCCOCCOCCOCCOCCOCCOCCOCCOCCOCCOCCOCCN)(c2ccccc2)c2ccc(OC)cc2)cc1. The van der Waals surface area contributed by atoms with Gasteiger partial charge < -0.3 is 72.0 Å². The number of benzene rings is 3. The van der Waals surface area contributed by atoms with E-state index in [9.17, 15) is 0 Å². The molecule has 0 aromatic heterocycles. The van der Waals surface area contributed by atoms with E-state index in [1.54, 1.807) is 14.2 Å². The van der Waals surface area contributed by atoms with Gasteiger partial charge >= 0.3 is 0 Å². The summed E-state index contributed by atoms with van der Waals surface area (Å²) in [5.74, 6) is 1.54. The summed E-state index contributed by atoms with van der Waals surface area (Å²) < 4.78 is 78.5. The van der Waals surface area contributed by atoms with E-state index in [0.717, 1.165) is 28.2 Å². The molecule has 0 aliphatic carbocycles. The van der Waals surface area contributed by atoms with Crippen molar-refractivity contribution < 1.29 is 66.3 Å². The summed E-state index contributed by atoms with van der Waals surface area (Å²) in [4.78, 5) is 0. The quantitative estimate of drug-likeness (QED) is 0.0642. The highest BCUT2D eigenvalue weighted by atomic mass is 16.6. The van der Waals surface area contributed by atoms with Crippen LogP contribution in [0.25, 0.3) is 0 Å². The van der Waals surface area contributed by atoms with Crippen LogP contribution in [0.3, 0.4) is 0 Å². The van der Waals surface area contributed by atoms with Gasteiger partial charge in [0.1, 0.15) is 17.1 Å². The van der Waals surface area contributed by atoms with Crippen molar-refractivity contribution in [1.82, 2.24) is 0 Å². The molecule has 2 N–H and O–H groups in total. The first-order chi connectivity index (χ1) is 29.7. The van der Waals surface area contributed by atoms with Crippen LogP contribution in [-0.2, 0) is 62.4 Å². The minimum absolute atomic E-state index is 0.353. The molecule has 0 saturated heterocycles. The standard InChI is InChI=1S/C45H69NO14/c1-47-43-12-8-41(9-13-43)45(40-6-4-3-5-7-40,42-10-14-44(48-2)15-11-42)60-39-38-59-37-36-58-35-34-57-33-32-56-31-30-55-29-28-54-27-26-53-25-24-52-23-22-51-21-20-50-19-18-49-17-16-46/h3-15H,16-39,46H2,1-2H3. The van der Waals surface area contributed by atoms with Gasteiger partial charge in [0.05, 0.1) is 166 Å². The lowest BCUT2D eigenvalue weighted by Gasteiger charge is -2.36. The maximum Gasteiger partial charge on any atom is 0.143 e. The normalized spacial score (nSPS) is 11.7. The second kappa shape index (κ2) is 35.3. The van der Waals surface area contributed by atoms with Crippen LogP contribution in [0.5, 0.6) is 11.5 Å². The molecule has 0 saturated carbocycles. The maximum absolute atomic E-state index is 6.80. The number of nitrogens with two attached hydrogens (primary N) is 1. The summed E-state index contributed by atoms with van der Waals surface area (Å²) in [7, 11) is 3.32. The van der Waals surface area contributed by atoms with Gasteiger partial charge in [0.15, 0.2) is 0 Å². The Morgan fingerprint density at radius 3 is 0.833 bits per heavy atom. The Kier molecular flexibility index (Phi) is 30.1. The lowest BCUT2D eigenvalue weighted by Crippen LogP contribution is -2.34. The first-order valence-corrected chi connectivity index (χ1v) is 20.8. The van der Waals surface area contributed by atoms with Crippen molar-refractivity contribution >= 4 is 0 Å². The van der Waals surface area contributed by atoms with Crippen molar-refractivity contribution in [2.45, 2.75) is 5.60 Å². The van der Waals surface area contributed by atoms with Crippen LogP contribution in [-0.4, -0.2) is 173 Å². The van der Waals surface area contributed by atoms with Gasteiger partial charge in [-0.2, -0.15) is 0 Å². The number of ether oxygens (including phenoxy) is 14. The summed E-state index contributed by atoms with van der Waals surface area (Å²) in [5, 5.41) is 0. The molecule has 0 radical (unpaired) electrons. The Morgan fingerprint density at radius 2 is 0.567 bits per heavy atom. The third kappa shape index (κ3) is 22.0. The molecule has 0 spiro atoms. The minimum atomic E-state index is -0.882. The Hall–Kier alpha value is -3.26. The van der Waals surface area contributed by atoms with Crippen LogP contribution in [0.15, 0.2) is 78.9 Å². The van der Waals surface area contributed by atoms with Crippen LogP contribution >= 0.6 is 0 Å². The monoisotopic (exact) mass is 847 g/mol. The van der Waals surface area contributed by atoms with Crippen molar-refractivity contribution in [2.24, 2.45) is 5.73 Å². The Balaban J connectivity index is 1.10. The molecular formula is C45H69NO14. The highest BCUT2D eigenvalue weighted by Gasteiger charge is 2.37. The van der Waals surface area contributed by atoms with E-state index in [4.69, 9.17) is 72.0 Å². The third-order valence-corrected chi connectivity index (χ3v) is 8.70. The van der Waals surface area contributed by atoms with E-state index in [2.05, 4.69) is 12.1 Å². The van der Waals surface area contributed by atoms with Crippen LogP contribution in [0.1, 0.15) is 16.7 Å².